The van der Waals surface area contributed by atoms with Crippen molar-refractivity contribution in [1.29, 1.82) is 0 Å². The minimum Gasteiger partial charge on any atom is -0.374 e. The van der Waals surface area contributed by atoms with Crippen LogP contribution in [-0.2, 0) is 16.4 Å². The number of likely N-dealkylation sites (N-methyl/N-ethyl adjacent to an activating group) is 1. The van der Waals surface area contributed by atoms with Crippen LogP contribution in [0.25, 0.3) is 0 Å². The molecular weight excluding hydrogens is 224 g/mol. The second-order valence-corrected chi connectivity index (χ2v) is 6.40. The summed E-state index contributed by atoms with van der Waals surface area (Å²) >= 11 is 0. The van der Waals surface area contributed by atoms with Crippen molar-refractivity contribution >= 4 is 15.7 Å². The van der Waals surface area contributed by atoms with Crippen molar-refractivity contribution in [3.05, 3.63) is 23.8 Å². The third kappa shape index (κ3) is 1.70. The van der Waals surface area contributed by atoms with E-state index in [0.717, 1.165) is 24.2 Å². The summed E-state index contributed by atoms with van der Waals surface area (Å²) in [6.07, 6.45) is 0.919. The lowest BCUT2D eigenvalue weighted by molar-refractivity contribution is 0.520. The third-order valence-corrected chi connectivity index (χ3v) is 4.77. The van der Waals surface area contributed by atoms with Crippen molar-refractivity contribution in [1.82, 2.24) is 4.31 Å². The Morgan fingerprint density at radius 1 is 1.31 bits per heavy atom. The van der Waals surface area contributed by atoms with Crippen LogP contribution in [0.4, 0.5) is 5.69 Å². The summed E-state index contributed by atoms with van der Waals surface area (Å²) in [7, 11) is 1.82. The minimum absolute atomic E-state index is 0.381. The number of fused-ring (bicyclic) bond motifs is 1. The molecule has 0 N–H and O–H groups in total. The monoisotopic (exact) mass is 240 g/mol. The van der Waals surface area contributed by atoms with Gasteiger partial charge in [0, 0.05) is 33.4 Å². The Labute approximate surface area is 96.5 Å². The van der Waals surface area contributed by atoms with E-state index < -0.39 is 10.0 Å². The molecule has 1 aliphatic rings. The molecule has 0 saturated carbocycles. The molecule has 16 heavy (non-hydrogen) atoms. The van der Waals surface area contributed by atoms with Gasteiger partial charge in [-0.25, -0.2) is 12.7 Å². The van der Waals surface area contributed by atoms with Crippen molar-refractivity contribution in [3.8, 4) is 0 Å². The topological polar surface area (TPSA) is 40.6 Å². The molecule has 1 heterocycles. The summed E-state index contributed by atoms with van der Waals surface area (Å²) in [5, 5.41) is 0. The molecule has 2 rings (SSSR count). The predicted molar refractivity (Wildman–Crippen MR) is 64.3 cm³/mol. The van der Waals surface area contributed by atoms with Crippen molar-refractivity contribution in [3.63, 3.8) is 0 Å². The molecule has 0 atom stereocenters. The molecule has 0 aliphatic carbocycles. The average molecular weight is 240 g/mol. The molecule has 0 aromatic heterocycles. The van der Waals surface area contributed by atoms with Crippen LogP contribution in [0.5, 0.6) is 0 Å². The van der Waals surface area contributed by atoms with Gasteiger partial charge in [-0.15, -0.1) is 0 Å². The van der Waals surface area contributed by atoms with Crippen molar-refractivity contribution in [2.24, 2.45) is 0 Å². The lowest BCUT2D eigenvalue weighted by Crippen LogP contribution is -2.22. The fraction of sp³-hybridized carbons (Fsp3) is 0.455. The highest BCUT2D eigenvalue weighted by atomic mass is 32.2. The Kier molecular flexibility index (Phi) is 2.67. The van der Waals surface area contributed by atoms with E-state index in [0.29, 0.717) is 4.90 Å². The standard InChI is InChI=1S/C11H16N2O2S/c1-12(2)16(14,15)10-4-5-11-9(8-10)6-7-13(11)3/h4-5,8H,6-7H2,1-3H3. The zero-order valence-electron chi connectivity index (χ0n) is 9.77. The summed E-state index contributed by atoms with van der Waals surface area (Å²) in [6.45, 7) is 0.959. The molecule has 4 nitrogen and oxygen atoms in total. The first-order valence-electron chi connectivity index (χ1n) is 5.19. The Hall–Kier alpha value is -1.07. The van der Waals surface area contributed by atoms with Gasteiger partial charge >= 0.3 is 0 Å². The largest absolute Gasteiger partial charge is 0.374 e. The van der Waals surface area contributed by atoms with Gasteiger partial charge in [-0.3, -0.25) is 0 Å². The van der Waals surface area contributed by atoms with E-state index in [9.17, 15) is 8.42 Å². The van der Waals surface area contributed by atoms with Gasteiger partial charge < -0.3 is 4.90 Å². The summed E-state index contributed by atoms with van der Waals surface area (Å²) < 4.78 is 25.1. The van der Waals surface area contributed by atoms with Gasteiger partial charge in [0.15, 0.2) is 0 Å². The molecule has 1 aromatic carbocycles. The highest BCUT2D eigenvalue weighted by Crippen LogP contribution is 2.29. The lowest BCUT2D eigenvalue weighted by Gasteiger charge is -2.14. The Morgan fingerprint density at radius 3 is 2.62 bits per heavy atom. The maximum absolute atomic E-state index is 11.9. The summed E-state index contributed by atoms with van der Waals surface area (Å²) in [5.74, 6) is 0. The first-order chi connectivity index (χ1) is 7.43. The molecule has 0 bridgehead atoms. The van der Waals surface area contributed by atoms with Gasteiger partial charge in [0.1, 0.15) is 0 Å². The molecule has 0 radical (unpaired) electrons. The SMILES string of the molecule is CN1CCc2cc(S(=O)(=O)N(C)C)ccc21. The molecular formula is C11H16N2O2S. The zero-order chi connectivity index (χ0) is 11.9. The van der Waals surface area contributed by atoms with Crippen LogP contribution in [0.1, 0.15) is 5.56 Å². The predicted octanol–water partition coefficient (Wildman–Crippen LogP) is 0.929. The first-order valence-corrected chi connectivity index (χ1v) is 6.63. The second kappa shape index (κ2) is 3.75. The highest BCUT2D eigenvalue weighted by Gasteiger charge is 2.21. The number of rotatable bonds is 2. The summed E-state index contributed by atoms with van der Waals surface area (Å²) in [5.41, 5.74) is 2.25. The van der Waals surface area contributed by atoms with Crippen molar-refractivity contribution in [2.75, 3.05) is 32.6 Å². The molecule has 1 aromatic rings. The van der Waals surface area contributed by atoms with E-state index in [1.54, 1.807) is 26.2 Å². The van der Waals surface area contributed by atoms with Gasteiger partial charge in [-0.1, -0.05) is 0 Å². The molecule has 88 valence electrons. The van der Waals surface area contributed by atoms with Gasteiger partial charge in [0.05, 0.1) is 4.90 Å². The van der Waals surface area contributed by atoms with Crippen molar-refractivity contribution in [2.45, 2.75) is 11.3 Å². The lowest BCUT2D eigenvalue weighted by atomic mass is 10.2. The molecule has 0 spiro atoms. The maximum atomic E-state index is 11.9. The zero-order valence-corrected chi connectivity index (χ0v) is 10.6. The molecule has 5 heteroatoms. The normalized spacial score (nSPS) is 15.6. The van der Waals surface area contributed by atoms with Gasteiger partial charge in [0.25, 0.3) is 0 Å². The number of sulfonamides is 1. The fourth-order valence-electron chi connectivity index (χ4n) is 1.91. The van der Waals surface area contributed by atoms with E-state index in [1.165, 1.54) is 4.31 Å². The van der Waals surface area contributed by atoms with E-state index in [1.807, 2.05) is 13.1 Å². The average Bonchev–Trinajstić information content (AvgIpc) is 2.60. The number of benzene rings is 1. The number of hydrogen-bond donors (Lipinski definition) is 0. The smallest absolute Gasteiger partial charge is 0.242 e. The second-order valence-electron chi connectivity index (χ2n) is 4.25. The Morgan fingerprint density at radius 2 is 2.00 bits per heavy atom. The van der Waals surface area contributed by atoms with Crippen LogP contribution >= 0.6 is 0 Å². The van der Waals surface area contributed by atoms with Crippen LogP contribution in [0.2, 0.25) is 0 Å². The van der Waals surface area contributed by atoms with E-state index in [-0.39, 0.29) is 0 Å². The first kappa shape index (κ1) is 11.4. The maximum Gasteiger partial charge on any atom is 0.242 e. The van der Waals surface area contributed by atoms with Gasteiger partial charge in [-0.2, -0.15) is 0 Å². The minimum atomic E-state index is -3.30. The Bertz CT molecular complexity index is 509. The third-order valence-electron chi connectivity index (χ3n) is 2.96. The molecule has 0 fully saturated rings. The quantitative estimate of drug-likeness (QED) is 0.772. The molecule has 1 aliphatic heterocycles. The summed E-state index contributed by atoms with van der Waals surface area (Å²) in [6, 6.07) is 5.35. The van der Waals surface area contributed by atoms with Crippen LogP contribution in [0, 0.1) is 0 Å². The van der Waals surface area contributed by atoms with Gasteiger partial charge in [0.2, 0.25) is 10.0 Å². The molecule has 0 unspecified atom stereocenters. The highest BCUT2D eigenvalue weighted by molar-refractivity contribution is 7.89. The number of anilines is 1. The molecule has 0 amide bonds. The van der Waals surface area contributed by atoms with Crippen LogP contribution in [0.15, 0.2) is 23.1 Å². The fourth-order valence-corrected chi connectivity index (χ4v) is 2.87. The Balaban J connectivity index is 2.48. The molecule has 0 saturated heterocycles. The van der Waals surface area contributed by atoms with Gasteiger partial charge in [-0.05, 0) is 30.2 Å². The van der Waals surface area contributed by atoms with Crippen LogP contribution in [0.3, 0.4) is 0 Å². The van der Waals surface area contributed by atoms with E-state index >= 15 is 0 Å². The summed E-state index contributed by atoms with van der Waals surface area (Å²) in [4.78, 5) is 2.52. The number of hydrogen-bond acceptors (Lipinski definition) is 3. The van der Waals surface area contributed by atoms with Crippen molar-refractivity contribution < 1.29 is 8.42 Å². The van der Waals surface area contributed by atoms with E-state index in [4.69, 9.17) is 0 Å². The van der Waals surface area contributed by atoms with Crippen LogP contribution < -0.4 is 4.90 Å². The van der Waals surface area contributed by atoms with E-state index in [2.05, 4.69) is 4.90 Å². The van der Waals surface area contributed by atoms with Crippen LogP contribution in [-0.4, -0.2) is 40.4 Å². The number of nitrogens with zero attached hydrogens (tertiary/aromatic N) is 2.